The van der Waals surface area contributed by atoms with E-state index in [-0.39, 0.29) is 17.9 Å². The van der Waals surface area contributed by atoms with Crippen LogP contribution in [0.3, 0.4) is 0 Å². The minimum Gasteiger partial charge on any atom is -0.391 e. The smallest absolute Gasteiger partial charge is 0.391 e. The highest BCUT2D eigenvalue weighted by atomic mass is 19.4. The molecule has 3 unspecified atom stereocenters. The minimum absolute atomic E-state index is 0.175. The van der Waals surface area contributed by atoms with Crippen molar-refractivity contribution >= 4 is 22.1 Å². The molecule has 0 amide bonds. The molecule has 32 nitrogen and oxygen atoms in total. The van der Waals surface area contributed by atoms with E-state index in [1.807, 2.05) is 160 Å². The molecule has 4 N–H and O–H groups in total. The summed E-state index contributed by atoms with van der Waals surface area (Å²) in [4.78, 5) is 19.6. The zero-order valence-electron chi connectivity index (χ0n) is 71.7. The van der Waals surface area contributed by atoms with Crippen LogP contribution in [0.5, 0.6) is 0 Å². The molecule has 16 aromatic heterocycles. The van der Waals surface area contributed by atoms with Crippen LogP contribution in [0.4, 0.5) is 13.2 Å². The molecule has 0 radical (unpaired) electrons. The van der Waals surface area contributed by atoms with Crippen LogP contribution in [0.25, 0.3) is 112 Å². The Morgan fingerprint density at radius 2 is 0.574 bits per heavy atom. The number of aromatic nitrogens is 28. The fourth-order valence-electron chi connectivity index (χ4n) is 14.5. The third-order valence-corrected chi connectivity index (χ3v) is 22.3. The van der Waals surface area contributed by atoms with Crippen molar-refractivity contribution in [3.05, 3.63) is 173 Å². The number of halogens is 3. The predicted molar refractivity (Wildman–Crippen MR) is 459 cm³/mol. The molecule has 0 fully saturated rings. The average Bonchev–Trinajstić information content (AvgIpc) is 1.64. The first-order chi connectivity index (χ1) is 58.7. The van der Waals surface area contributed by atoms with Crippen LogP contribution in [-0.2, 0) is 26.2 Å². The predicted octanol–water partition coefficient (Wildman–Crippen LogP) is 15.8. The third-order valence-electron chi connectivity index (χ3n) is 22.3. The zero-order chi connectivity index (χ0) is 86.7. The maximum atomic E-state index is 12.5. The van der Waals surface area contributed by atoms with E-state index in [2.05, 4.69) is 135 Å². The second-order valence-electron chi connectivity index (χ2n) is 32.3. The number of fused-ring (bicyclic) bond motifs is 4. The summed E-state index contributed by atoms with van der Waals surface area (Å²) in [6.07, 6.45) is 44.4. The van der Waals surface area contributed by atoms with E-state index in [1.54, 1.807) is 80.5 Å². The second kappa shape index (κ2) is 38.7. The second-order valence-corrected chi connectivity index (χ2v) is 32.3. The molecular formula is C87H111F3N28O4. The Labute approximate surface area is 705 Å². The fourth-order valence-corrected chi connectivity index (χ4v) is 14.5. The van der Waals surface area contributed by atoms with Crippen molar-refractivity contribution in [3.63, 3.8) is 0 Å². The van der Waals surface area contributed by atoms with Crippen molar-refractivity contribution in [2.45, 2.75) is 242 Å². The van der Waals surface area contributed by atoms with Crippen molar-refractivity contribution in [1.82, 2.24) is 137 Å². The van der Waals surface area contributed by atoms with Gasteiger partial charge < -0.3 is 20.4 Å². The molecular weight excluding hydrogens is 1560 g/mol. The lowest BCUT2D eigenvalue weighted by Gasteiger charge is -2.25. The molecule has 0 aliphatic rings. The largest absolute Gasteiger partial charge is 0.391 e. The van der Waals surface area contributed by atoms with E-state index in [4.69, 9.17) is 19.9 Å². The standard InChI is InChI=1S/C23H31N7O.C22H29N7O.C21H24F3N7O.C21H27N7O/c1-6-18(7-2)29-13-17(11-26-29)22-20-8-9-24-30(20)14-19(27-22)16-10-25-28(12-16)15-21(31)23(3,4)5;1-5-18(6-2)28-12-17(10-25-28)22-20-7-8-23-29(20)13-19(26-22)16-9-24-27(11-16)14-21(30)15(3)4;1-3-16(4-2)30-11-15(9-27-30)20-19-5-6-25-31(19)13-18(28-20)14-8-26-29(10-14)12-17(32)7-21(22,23)24;1-4-17(5-2)27-12-16(10-24-27)21-20-7-8-22-28(20)14-19(25-21)15-9-23-26(11-15)13-18(29)6-3/h8-14,18,21,31H,6-7,15H2,1-5H3;7-13,15,18,21,30H,5-6,14H2,1-4H3;5-6,8-11,13,16-17,32H,3-4,7,12H2,1-2H3;7-12,14,17-18,29H,4-6,13H2,1-3H3/t;;;18-/m...0/s1. The molecule has 122 heavy (non-hydrogen) atoms. The number of rotatable bonds is 31. The lowest BCUT2D eigenvalue weighted by molar-refractivity contribution is -0.154. The molecule has 0 aliphatic heterocycles. The Morgan fingerprint density at radius 1 is 0.311 bits per heavy atom. The van der Waals surface area contributed by atoms with Gasteiger partial charge in [0.05, 0.1) is 248 Å². The molecule has 4 atom stereocenters. The van der Waals surface area contributed by atoms with E-state index < -0.39 is 37.0 Å². The molecule has 0 bridgehead atoms. The SMILES string of the molecule is CCC(CC)n1cc(-c2nc(-c3cnn(CC(O)C(C)(C)C)c3)cn3nccc23)cn1.CCC(CC)n1cc(-c2nc(-c3cnn(CC(O)C(C)C)c3)cn3nccc23)cn1.CCC(CC)n1cc(-c2nc(-c3cnn(CC(O)CC(F)(F)F)c3)cn3nccc23)cn1.CCC(CC)n1cc(-c2nc(-c3cnn(C[C@@H](O)CC)c3)cn3nccc23)cn1. The summed E-state index contributed by atoms with van der Waals surface area (Å²) in [6.45, 7) is 30.4. The number of hydrogen-bond donors (Lipinski definition) is 4. The summed E-state index contributed by atoms with van der Waals surface area (Å²) in [6, 6.07) is 9.19. The van der Waals surface area contributed by atoms with E-state index in [1.165, 1.54) is 10.9 Å². The summed E-state index contributed by atoms with van der Waals surface area (Å²) in [5.74, 6) is 0.175. The van der Waals surface area contributed by atoms with Gasteiger partial charge in [-0.15, -0.1) is 0 Å². The highest BCUT2D eigenvalue weighted by Gasteiger charge is 2.32. The molecule has 0 saturated carbocycles. The molecule has 16 rings (SSSR count). The monoisotopic (exact) mass is 1670 g/mol. The highest BCUT2D eigenvalue weighted by molar-refractivity contribution is 5.81. The van der Waals surface area contributed by atoms with Gasteiger partial charge in [-0.05, 0) is 93.4 Å². The van der Waals surface area contributed by atoms with Gasteiger partial charge in [-0.2, -0.15) is 74.4 Å². The molecule has 35 heteroatoms. The van der Waals surface area contributed by atoms with Gasteiger partial charge >= 0.3 is 6.18 Å². The van der Waals surface area contributed by atoms with Crippen LogP contribution in [0.2, 0.25) is 0 Å². The number of aliphatic hydroxyl groups excluding tert-OH is 4. The van der Waals surface area contributed by atoms with Gasteiger partial charge in [0.25, 0.3) is 0 Å². The topological polar surface area (TPSA) is 344 Å². The third kappa shape index (κ3) is 20.5. The molecule has 16 heterocycles. The molecule has 644 valence electrons. The van der Waals surface area contributed by atoms with Crippen molar-refractivity contribution in [1.29, 1.82) is 0 Å². The normalized spacial score (nSPS) is 13.2. The van der Waals surface area contributed by atoms with Crippen molar-refractivity contribution in [3.8, 4) is 90.1 Å². The Kier molecular flexibility index (Phi) is 27.8. The summed E-state index contributed by atoms with van der Waals surface area (Å²) in [5.41, 5.74) is 16.5. The van der Waals surface area contributed by atoms with Gasteiger partial charge in [0.2, 0.25) is 0 Å². The van der Waals surface area contributed by atoms with E-state index >= 15 is 0 Å². The Hall–Kier alpha value is -12.2. The Morgan fingerprint density at radius 3 is 0.828 bits per heavy atom. The Balaban J connectivity index is 0.000000140. The summed E-state index contributed by atoms with van der Waals surface area (Å²) in [7, 11) is 0. The van der Waals surface area contributed by atoms with E-state index in [0.717, 1.165) is 147 Å². The van der Waals surface area contributed by atoms with Gasteiger partial charge in [0.1, 0.15) is 0 Å². The first kappa shape index (κ1) is 87.6. The summed E-state index contributed by atoms with van der Waals surface area (Å²) < 4.78 is 59.3. The quantitative estimate of drug-likeness (QED) is 0.0313. The van der Waals surface area contributed by atoms with Crippen molar-refractivity contribution in [2.24, 2.45) is 11.3 Å². The van der Waals surface area contributed by atoms with Gasteiger partial charge in [0.15, 0.2) is 0 Å². The van der Waals surface area contributed by atoms with Crippen LogP contribution in [0, 0.1) is 11.3 Å². The summed E-state index contributed by atoms with van der Waals surface area (Å²) >= 11 is 0. The number of nitrogens with zero attached hydrogens (tertiary/aromatic N) is 28. The molecule has 0 aromatic carbocycles. The first-order valence-corrected chi connectivity index (χ1v) is 42.1. The first-order valence-electron chi connectivity index (χ1n) is 42.1. The van der Waals surface area contributed by atoms with Crippen LogP contribution in [0.1, 0.15) is 185 Å². The molecule has 16 aromatic rings. The van der Waals surface area contributed by atoms with Crippen LogP contribution < -0.4 is 0 Å². The Bertz CT molecular complexity index is 6010. The number of hydrogen-bond acceptors (Lipinski definition) is 20. The molecule has 0 aliphatic carbocycles. The van der Waals surface area contributed by atoms with Crippen LogP contribution >= 0.6 is 0 Å². The maximum absolute atomic E-state index is 12.5. The highest BCUT2D eigenvalue weighted by Crippen LogP contribution is 2.35. The number of aliphatic hydroxyl groups is 4. The molecule has 0 saturated heterocycles. The van der Waals surface area contributed by atoms with Crippen LogP contribution in [-0.4, -0.2) is 188 Å². The maximum Gasteiger partial charge on any atom is 0.391 e. The van der Waals surface area contributed by atoms with Gasteiger partial charge in [-0.1, -0.05) is 96.9 Å². The minimum atomic E-state index is -4.43. The van der Waals surface area contributed by atoms with Gasteiger partial charge in [-0.3, -0.25) is 37.5 Å². The van der Waals surface area contributed by atoms with E-state index in [9.17, 15) is 33.6 Å². The fraction of sp³-hybridized carbons (Fsp3) is 0.448. The average molecular weight is 1670 g/mol. The summed E-state index contributed by atoms with van der Waals surface area (Å²) in [5, 5.41) is 93.3. The van der Waals surface area contributed by atoms with Gasteiger partial charge in [0, 0.05) is 94.1 Å². The lowest BCUT2D eigenvalue weighted by Crippen LogP contribution is -2.30. The van der Waals surface area contributed by atoms with Crippen molar-refractivity contribution < 1.29 is 33.6 Å². The van der Waals surface area contributed by atoms with Crippen molar-refractivity contribution in [2.75, 3.05) is 0 Å². The van der Waals surface area contributed by atoms with Crippen LogP contribution in [0.15, 0.2) is 173 Å². The number of alkyl halides is 3. The lowest BCUT2D eigenvalue weighted by atomic mass is 9.89. The molecule has 0 spiro atoms. The van der Waals surface area contributed by atoms with Gasteiger partial charge in [-0.25, -0.2) is 38.0 Å². The van der Waals surface area contributed by atoms with E-state index in [0.29, 0.717) is 67.2 Å². The zero-order valence-corrected chi connectivity index (χ0v) is 71.7.